The number of amides is 3. The molecule has 8 nitrogen and oxygen atoms in total. The Morgan fingerprint density at radius 3 is 2.15 bits per heavy atom. The van der Waals surface area contributed by atoms with E-state index in [1.54, 1.807) is 19.1 Å². The van der Waals surface area contributed by atoms with Crippen LogP contribution in [-0.2, 0) is 9.59 Å². The van der Waals surface area contributed by atoms with Crippen LogP contribution in [0.5, 0.6) is 0 Å². The van der Waals surface area contributed by atoms with Gasteiger partial charge in [0, 0.05) is 37.2 Å². The summed E-state index contributed by atoms with van der Waals surface area (Å²) >= 11 is 0. The molecule has 0 aliphatic carbocycles. The number of nitrogens with zero attached hydrogens (tertiary/aromatic N) is 2. The Morgan fingerprint density at radius 2 is 1.65 bits per heavy atom. The van der Waals surface area contributed by atoms with Crippen molar-refractivity contribution < 1.29 is 19.3 Å². The van der Waals surface area contributed by atoms with Crippen LogP contribution in [0.1, 0.15) is 29.8 Å². The molecule has 0 radical (unpaired) electrons. The van der Waals surface area contributed by atoms with Crippen LogP contribution in [0.2, 0.25) is 0 Å². The molecule has 0 aliphatic heterocycles. The first-order valence-corrected chi connectivity index (χ1v) is 7.68. The molecule has 134 valence electrons. The lowest BCUT2D eigenvalue weighted by molar-refractivity contribution is -0.384. The third-order valence-corrected chi connectivity index (χ3v) is 3.63. The first-order valence-electron chi connectivity index (χ1n) is 7.68. The Balaban J connectivity index is 2.42. The molecule has 0 bridgehead atoms. The molecule has 0 atom stereocenters. The number of nitrogens with one attached hydrogen (secondary N) is 1. The van der Waals surface area contributed by atoms with Gasteiger partial charge in [-0.25, -0.2) is 4.90 Å². The number of nitro groups is 1. The monoisotopic (exact) mass is 355 g/mol. The van der Waals surface area contributed by atoms with Gasteiger partial charge in [0.15, 0.2) is 0 Å². The molecule has 0 aliphatic rings. The molecule has 0 unspecified atom stereocenters. The predicted octanol–water partition coefficient (Wildman–Crippen LogP) is 3.05. The number of anilines is 2. The maximum absolute atomic E-state index is 12.7. The molecule has 26 heavy (non-hydrogen) atoms. The predicted molar refractivity (Wildman–Crippen MR) is 96.1 cm³/mol. The fraction of sp³-hybridized carbons (Fsp3) is 0.167. The third-order valence-electron chi connectivity index (χ3n) is 3.63. The summed E-state index contributed by atoms with van der Waals surface area (Å²) in [6.07, 6.45) is 0. The van der Waals surface area contributed by atoms with Gasteiger partial charge in [0.05, 0.1) is 10.6 Å². The summed E-state index contributed by atoms with van der Waals surface area (Å²) in [4.78, 5) is 47.2. The van der Waals surface area contributed by atoms with E-state index in [1.807, 2.05) is 0 Å². The second kappa shape index (κ2) is 7.56. The minimum absolute atomic E-state index is 0.132. The molecule has 0 aromatic heterocycles. The van der Waals surface area contributed by atoms with Crippen molar-refractivity contribution in [2.24, 2.45) is 0 Å². The first-order chi connectivity index (χ1) is 12.2. The van der Waals surface area contributed by atoms with E-state index in [-0.39, 0.29) is 22.8 Å². The number of imide groups is 1. The van der Waals surface area contributed by atoms with Crippen molar-refractivity contribution in [1.29, 1.82) is 0 Å². The topological polar surface area (TPSA) is 110 Å². The van der Waals surface area contributed by atoms with Gasteiger partial charge in [-0.1, -0.05) is 6.07 Å². The van der Waals surface area contributed by atoms with E-state index in [2.05, 4.69) is 5.32 Å². The van der Waals surface area contributed by atoms with Gasteiger partial charge >= 0.3 is 0 Å². The van der Waals surface area contributed by atoms with Crippen molar-refractivity contribution in [2.45, 2.75) is 20.8 Å². The number of carbonyl (C=O) groups is 3. The zero-order chi connectivity index (χ0) is 19.4. The van der Waals surface area contributed by atoms with Crippen molar-refractivity contribution >= 4 is 34.8 Å². The van der Waals surface area contributed by atoms with E-state index in [4.69, 9.17) is 0 Å². The highest BCUT2D eigenvalue weighted by Crippen LogP contribution is 2.25. The number of non-ortho nitro benzene ring substituents is 1. The van der Waals surface area contributed by atoms with Crippen LogP contribution in [0.25, 0.3) is 0 Å². The second-order valence-corrected chi connectivity index (χ2v) is 5.64. The highest BCUT2D eigenvalue weighted by atomic mass is 16.6. The average Bonchev–Trinajstić information content (AvgIpc) is 2.57. The normalized spacial score (nSPS) is 10.1. The van der Waals surface area contributed by atoms with Crippen LogP contribution in [-0.4, -0.2) is 22.6 Å². The largest absolute Gasteiger partial charge is 0.326 e. The van der Waals surface area contributed by atoms with Gasteiger partial charge in [-0.15, -0.1) is 0 Å². The van der Waals surface area contributed by atoms with Crippen LogP contribution in [0.15, 0.2) is 42.5 Å². The summed E-state index contributed by atoms with van der Waals surface area (Å²) in [5, 5.41) is 13.4. The van der Waals surface area contributed by atoms with Gasteiger partial charge in [0.1, 0.15) is 0 Å². The smallest absolute Gasteiger partial charge is 0.269 e. The van der Waals surface area contributed by atoms with Gasteiger partial charge in [0.2, 0.25) is 11.8 Å². The summed E-state index contributed by atoms with van der Waals surface area (Å²) in [7, 11) is 0. The maximum atomic E-state index is 12.7. The molecular weight excluding hydrogens is 338 g/mol. The molecule has 2 aromatic rings. The van der Waals surface area contributed by atoms with Crippen LogP contribution in [0.4, 0.5) is 17.1 Å². The standard InChI is InChI=1S/C18H17N3O5/c1-11-4-7-16(10-17(11)19-12(2)22)20(13(3)23)18(24)14-5-8-15(9-6-14)21(25)26/h4-10H,1-3H3,(H,19,22). The summed E-state index contributed by atoms with van der Waals surface area (Å²) < 4.78 is 0. The van der Waals surface area contributed by atoms with Crippen molar-refractivity contribution in [3.63, 3.8) is 0 Å². The van der Waals surface area contributed by atoms with Crippen molar-refractivity contribution in [1.82, 2.24) is 0 Å². The highest BCUT2D eigenvalue weighted by molar-refractivity contribution is 6.20. The zero-order valence-electron chi connectivity index (χ0n) is 14.5. The maximum Gasteiger partial charge on any atom is 0.269 e. The van der Waals surface area contributed by atoms with E-state index in [0.29, 0.717) is 5.69 Å². The second-order valence-electron chi connectivity index (χ2n) is 5.64. The van der Waals surface area contributed by atoms with E-state index < -0.39 is 16.7 Å². The Labute approximate surface area is 149 Å². The SMILES string of the molecule is CC(=O)Nc1cc(N(C(C)=O)C(=O)c2ccc([N+](=O)[O-])cc2)ccc1C. The highest BCUT2D eigenvalue weighted by Gasteiger charge is 2.23. The molecule has 3 amide bonds. The summed E-state index contributed by atoms with van der Waals surface area (Å²) in [6.45, 7) is 4.38. The molecule has 0 saturated carbocycles. The number of aryl methyl sites for hydroxylation is 1. The average molecular weight is 355 g/mol. The number of carbonyl (C=O) groups excluding carboxylic acids is 3. The Bertz CT molecular complexity index is 890. The molecular formula is C18H17N3O5. The Kier molecular flexibility index (Phi) is 5.46. The van der Waals surface area contributed by atoms with Gasteiger partial charge < -0.3 is 5.32 Å². The number of hydrogen-bond acceptors (Lipinski definition) is 5. The van der Waals surface area contributed by atoms with Crippen molar-refractivity contribution in [3.05, 3.63) is 63.7 Å². The van der Waals surface area contributed by atoms with Crippen LogP contribution in [0.3, 0.4) is 0 Å². The number of benzene rings is 2. The molecule has 2 aromatic carbocycles. The number of nitro benzene ring substituents is 1. The van der Waals surface area contributed by atoms with E-state index in [0.717, 1.165) is 10.5 Å². The molecule has 2 rings (SSSR count). The van der Waals surface area contributed by atoms with Gasteiger partial charge in [-0.3, -0.25) is 24.5 Å². The Hall–Kier alpha value is -3.55. The summed E-state index contributed by atoms with van der Waals surface area (Å²) in [6, 6.07) is 9.78. The molecule has 0 fully saturated rings. The third kappa shape index (κ3) is 4.10. The summed E-state index contributed by atoms with van der Waals surface area (Å²) in [5.41, 5.74) is 1.52. The molecule has 8 heteroatoms. The minimum Gasteiger partial charge on any atom is -0.326 e. The number of hydrogen-bond donors (Lipinski definition) is 1. The summed E-state index contributed by atoms with van der Waals surface area (Å²) in [5.74, 6) is -1.42. The van der Waals surface area contributed by atoms with Gasteiger partial charge in [0.25, 0.3) is 11.6 Å². The lowest BCUT2D eigenvalue weighted by Crippen LogP contribution is -2.35. The lowest BCUT2D eigenvalue weighted by atomic mass is 10.1. The fourth-order valence-electron chi connectivity index (χ4n) is 2.37. The number of rotatable bonds is 4. The van der Waals surface area contributed by atoms with Gasteiger partial charge in [-0.05, 0) is 36.8 Å². The van der Waals surface area contributed by atoms with E-state index in [9.17, 15) is 24.5 Å². The zero-order valence-corrected chi connectivity index (χ0v) is 14.5. The molecule has 1 N–H and O–H groups in total. The van der Waals surface area contributed by atoms with Crippen LogP contribution < -0.4 is 10.2 Å². The molecule has 0 heterocycles. The Morgan fingerprint density at radius 1 is 1.04 bits per heavy atom. The van der Waals surface area contributed by atoms with Crippen molar-refractivity contribution in [3.8, 4) is 0 Å². The molecule has 0 saturated heterocycles. The van der Waals surface area contributed by atoms with Crippen LogP contribution >= 0.6 is 0 Å². The quantitative estimate of drug-likeness (QED) is 0.669. The minimum atomic E-state index is -0.620. The van der Waals surface area contributed by atoms with Crippen LogP contribution in [0, 0.1) is 17.0 Å². The van der Waals surface area contributed by atoms with Crippen molar-refractivity contribution in [2.75, 3.05) is 10.2 Å². The van der Waals surface area contributed by atoms with E-state index in [1.165, 1.54) is 44.2 Å². The first kappa shape index (κ1) is 18.8. The molecule has 0 spiro atoms. The van der Waals surface area contributed by atoms with E-state index >= 15 is 0 Å². The fourth-order valence-corrected chi connectivity index (χ4v) is 2.37. The van der Waals surface area contributed by atoms with Gasteiger partial charge in [-0.2, -0.15) is 0 Å². The lowest BCUT2D eigenvalue weighted by Gasteiger charge is -2.21.